The van der Waals surface area contributed by atoms with E-state index in [9.17, 15) is 23.1 Å². The van der Waals surface area contributed by atoms with Gasteiger partial charge in [-0.3, -0.25) is 14.4 Å². The molecule has 0 atom stereocenters. The van der Waals surface area contributed by atoms with Gasteiger partial charge in [-0.05, 0) is 36.4 Å². The third-order valence-electron chi connectivity index (χ3n) is 3.49. The Morgan fingerprint density at radius 3 is 2.19 bits per heavy atom. The Hall–Kier alpha value is -3.57. The van der Waals surface area contributed by atoms with Gasteiger partial charge in [0, 0.05) is 0 Å². The summed E-state index contributed by atoms with van der Waals surface area (Å²) in [5.41, 5.74) is -0.987. The molecule has 1 aromatic heterocycles. The Labute approximate surface area is 152 Å². The average Bonchev–Trinajstić information content (AvgIpc) is 2.97. The molecule has 27 heavy (non-hydrogen) atoms. The highest BCUT2D eigenvalue weighted by Gasteiger charge is 2.20. The summed E-state index contributed by atoms with van der Waals surface area (Å²) in [6, 6.07) is 13.0. The molecule has 2 aromatic carbocycles. The van der Waals surface area contributed by atoms with E-state index in [1.807, 2.05) is 0 Å². The fourth-order valence-corrected chi connectivity index (χ4v) is 2.70. The summed E-state index contributed by atoms with van der Waals surface area (Å²) < 4.78 is 32.0. The Balaban J connectivity index is 2.01. The first kappa shape index (κ1) is 18.2. The number of nitrogens with one attached hydrogen (secondary N) is 1. The summed E-state index contributed by atoms with van der Waals surface area (Å²) in [6.45, 7) is 0. The van der Waals surface area contributed by atoms with Gasteiger partial charge in [0.05, 0.1) is 16.3 Å². The molecule has 0 spiro atoms. The number of benzene rings is 2. The molecule has 3 aromatic rings. The summed E-state index contributed by atoms with van der Waals surface area (Å²) in [5, 5.41) is 19.2. The number of nitrogens with zero attached hydrogens (tertiary/aromatic N) is 3. The van der Waals surface area contributed by atoms with Crippen molar-refractivity contribution in [2.24, 2.45) is 10.2 Å². The van der Waals surface area contributed by atoms with Crippen LogP contribution in [0.15, 0.2) is 74.5 Å². The molecule has 138 valence electrons. The number of aromatic carboxylic acids is 1. The highest BCUT2D eigenvalue weighted by molar-refractivity contribution is 7.85. The number of azo groups is 1. The van der Waals surface area contributed by atoms with Crippen molar-refractivity contribution in [2.75, 3.05) is 0 Å². The maximum atomic E-state index is 12.5. The van der Waals surface area contributed by atoms with Crippen molar-refractivity contribution in [3.05, 3.63) is 70.6 Å². The summed E-state index contributed by atoms with van der Waals surface area (Å²) in [6.07, 6.45) is 0. The van der Waals surface area contributed by atoms with Crippen molar-refractivity contribution in [3.8, 4) is 5.69 Å². The monoisotopic (exact) mass is 388 g/mol. The van der Waals surface area contributed by atoms with Gasteiger partial charge in [0.2, 0.25) is 0 Å². The topological polar surface area (TPSA) is 154 Å². The number of carbonyl (C=O) groups is 1. The van der Waals surface area contributed by atoms with Crippen molar-refractivity contribution >= 4 is 27.5 Å². The molecule has 11 heteroatoms. The summed E-state index contributed by atoms with van der Waals surface area (Å²) in [5.74, 6) is -1.39. The van der Waals surface area contributed by atoms with Crippen molar-refractivity contribution in [1.82, 2.24) is 9.78 Å². The first-order valence-electron chi connectivity index (χ1n) is 7.40. The molecule has 3 N–H and O–H groups in total. The van der Waals surface area contributed by atoms with Crippen molar-refractivity contribution in [2.45, 2.75) is 4.90 Å². The summed E-state index contributed by atoms with van der Waals surface area (Å²) in [4.78, 5) is 23.6. The normalized spacial score (nSPS) is 11.7. The van der Waals surface area contributed by atoms with E-state index in [4.69, 9.17) is 4.55 Å². The van der Waals surface area contributed by atoms with Gasteiger partial charge in [-0.25, -0.2) is 9.48 Å². The summed E-state index contributed by atoms with van der Waals surface area (Å²) >= 11 is 0. The predicted molar refractivity (Wildman–Crippen MR) is 93.8 cm³/mol. The smallest absolute Gasteiger partial charge is 0.356 e. The lowest BCUT2D eigenvalue weighted by Gasteiger charge is -1.99. The van der Waals surface area contributed by atoms with Gasteiger partial charge in [-0.15, -0.1) is 5.11 Å². The molecule has 0 amide bonds. The highest BCUT2D eigenvalue weighted by atomic mass is 32.2. The van der Waals surface area contributed by atoms with E-state index in [0.29, 0.717) is 5.69 Å². The molecule has 1 heterocycles. The molecule has 0 radical (unpaired) electrons. The highest BCUT2D eigenvalue weighted by Crippen LogP contribution is 2.21. The number of carboxylic acid groups (broad SMARTS) is 1. The first-order chi connectivity index (χ1) is 12.8. The second kappa shape index (κ2) is 6.97. The lowest BCUT2D eigenvalue weighted by molar-refractivity contribution is 0.0690. The molecule has 0 fully saturated rings. The molecular formula is C16H12N4O6S. The van der Waals surface area contributed by atoms with Gasteiger partial charge >= 0.3 is 5.97 Å². The van der Waals surface area contributed by atoms with Gasteiger partial charge in [0.1, 0.15) is 0 Å². The third-order valence-corrected chi connectivity index (χ3v) is 4.36. The molecule has 0 aliphatic heterocycles. The Bertz CT molecular complexity index is 1180. The van der Waals surface area contributed by atoms with Gasteiger partial charge in [0.15, 0.2) is 11.4 Å². The Morgan fingerprint density at radius 1 is 1.00 bits per heavy atom. The quantitative estimate of drug-likeness (QED) is 0.451. The van der Waals surface area contributed by atoms with Crippen LogP contribution < -0.4 is 5.56 Å². The zero-order valence-electron chi connectivity index (χ0n) is 13.5. The van der Waals surface area contributed by atoms with Crippen molar-refractivity contribution in [3.63, 3.8) is 0 Å². The predicted octanol–water partition coefficient (Wildman–Crippen LogP) is 2.53. The molecular weight excluding hydrogens is 376 g/mol. The van der Waals surface area contributed by atoms with E-state index in [1.54, 1.807) is 30.3 Å². The van der Waals surface area contributed by atoms with Crippen LogP contribution in [0.4, 0.5) is 11.4 Å². The SMILES string of the molecule is O=C(O)c1[nH]n(-c2ccccc2)c(=O)c1N=Nc1ccc(S(=O)(=O)O)cc1. The number of hydrogen-bond donors (Lipinski definition) is 3. The number of aromatic nitrogens is 2. The second-order valence-corrected chi connectivity index (χ2v) is 6.71. The van der Waals surface area contributed by atoms with Crippen LogP contribution in [0.3, 0.4) is 0 Å². The number of para-hydroxylation sites is 1. The van der Waals surface area contributed by atoms with Crippen molar-refractivity contribution < 1.29 is 22.9 Å². The number of aromatic amines is 1. The van der Waals surface area contributed by atoms with Gasteiger partial charge < -0.3 is 5.11 Å². The number of carboxylic acids is 1. The molecule has 0 unspecified atom stereocenters. The van der Waals surface area contributed by atoms with Crippen LogP contribution in [0.1, 0.15) is 10.5 Å². The van der Waals surface area contributed by atoms with Gasteiger partial charge in [0.25, 0.3) is 15.7 Å². The maximum absolute atomic E-state index is 12.5. The van der Waals surface area contributed by atoms with Crippen LogP contribution >= 0.6 is 0 Å². The maximum Gasteiger partial charge on any atom is 0.356 e. The fourth-order valence-electron chi connectivity index (χ4n) is 2.22. The average molecular weight is 388 g/mol. The molecule has 0 saturated carbocycles. The third kappa shape index (κ3) is 3.83. The minimum absolute atomic E-state index is 0.158. The van der Waals surface area contributed by atoms with Crippen LogP contribution in [-0.2, 0) is 10.1 Å². The van der Waals surface area contributed by atoms with Crippen LogP contribution in [0.25, 0.3) is 5.69 Å². The Morgan fingerprint density at radius 2 is 1.63 bits per heavy atom. The van der Waals surface area contributed by atoms with E-state index < -0.39 is 33.0 Å². The number of H-pyrrole nitrogens is 1. The minimum atomic E-state index is -4.35. The van der Waals surface area contributed by atoms with E-state index in [1.165, 1.54) is 12.1 Å². The molecule has 3 rings (SSSR count). The molecule has 10 nitrogen and oxygen atoms in total. The first-order valence-corrected chi connectivity index (χ1v) is 8.84. The number of hydrogen-bond acceptors (Lipinski definition) is 6. The van der Waals surface area contributed by atoms with Gasteiger partial charge in [-0.1, -0.05) is 18.2 Å². The molecule has 0 aliphatic carbocycles. The standard InChI is InChI=1S/C16H12N4O6S/c21-15-13(18-17-10-6-8-12(9-7-10)27(24,25)26)14(16(22)23)19-20(15)11-4-2-1-3-5-11/h1-9,19H,(H,22,23)(H,24,25,26). The molecule has 0 saturated heterocycles. The van der Waals surface area contributed by atoms with E-state index in [0.717, 1.165) is 16.8 Å². The van der Waals surface area contributed by atoms with E-state index in [2.05, 4.69) is 15.3 Å². The lowest BCUT2D eigenvalue weighted by atomic mass is 10.3. The van der Waals surface area contributed by atoms with E-state index >= 15 is 0 Å². The van der Waals surface area contributed by atoms with Gasteiger partial charge in [-0.2, -0.15) is 13.5 Å². The molecule has 0 bridgehead atoms. The minimum Gasteiger partial charge on any atom is -0.476 e. The second-order valence-electron chi connectivity index (χ2n) is 5.29. The van der Waals surface area contributed by atoms with Crippen LogP contribution in [0, 0.1) is 0 Å². The fraction of sp³-hybridized carbons (Fsp3) is 0. The Kier molecular flexibility index (Phi) is 4.71. The zero-order valence-corrected chi connectivity index (χ0v) is 14.3. The van der Waals surface area contributed by atoms with E-state index in [-0.39, 0.29) is 10.6 Å². The summed E-state index contributed by atoms with van der Waals surface area (Å²) in [7, 11) is -4.35. The lowest BCUT2D eigenvalue weighted by Crippen LogP contribution is -2.13. The largest absolute Gasteiger partial charge is 0.476 e. The van der Waals surface area contributed by atoms with Crippen LogP contribution in [0.2, 0.25) is 0 Å². The van der Waals surface area contributed by atoms with Crippen molar-refractivity contribution in [1.29, 1.82) is 0 Å². The zero-order chi connectivity index (χ0) is 19.6. The van der Waals surface area contributed by atoms with Crippen LogP contribution in [0.5, 0.6) is 0 Å². The molecule has 0 aliphatic rings. The number of rotatable bonds is 5. The van der Waals surface area contributed by atoms with Crippen LogP contribution in [-0.4, -0.2) is 33.8 Å².